The van der Waals surface area contributed by atoms with Gasteiger partial charge in [0, 0.05) is 0 Å². The molecule has 112 valence electrons. The molecule has 2 rings (SSSR count). The van der Waals surface area contributed by atoms with E-state index in [4.69, 9.17) is 4.74 Å². The third-order valence-electron chi connectivity index (χ3n) is 3.48. The highest BCUT2D eigenvalue weighted by Gasteiger charge is 2.14. The largest absolute Gasteiger partial charge is 0.494 e. The lowest BCUT2D eigenvalue weighted by Crippen LogP contribution is -2.23. The van der Waals surface area contributed by atoms with Crippen molar-refractivity contribution in [3.05, 3.63) is 65.2 Å². The van der Waals surface area contributed by atoms with Gasteiger partial charge < -0.3 is 10.1 Å². The van der Waals surface area contributed by atoms with Crippen LogP contribution in [0.4, 0.5) is 0 Å². The lowest BCUT2D eigenvalue weighted by atomic mass is 9.97. The van der Waals surface area contributed by atoms with Gasteiger partial charge in [-0.05, 0) is 50.1 Å². The monoisotopic (exact) mass is 283 g/mol. The van der Waals surface area contributed by atoms with Crippen molar-refractivity contribution in [2.24, 2.45) is 0 Å². The van der Waals surface area contributed by atoms with E-state index in [1.807, 2.05) is 13.0 Å². The molecule has 0 saturated heterocycles. The van der Waals surface area contributed by atoms with Gasteiger partial charge in [-0.3, -0.25) is 0 Å². The molecule has 0 spiro atoms. The Hall–Kier alpha value is -1.80. The zero-order chi connectivity index (χ0) is 15.1. The molecular formula is C19H25NO. The van der Waals surface area contributed by atoms with E-state index >= 15 is 0 Å². The summed E-state index contributed by atoms with van der Waals surface area (Å²) in [6.45, 7) is 8.03. The van der Waals surface area contributed by atoms with Crippen LogP contribution < -0.4 is 10.1 Å². The Balaban J connectivity index is 2.33. The predicted molar refractivity (Wildman–Crippen MR) is 88.9 cm³/mol. The highest BCUT2D eigenvalue weighted by atomic mass is 16.5. The van der Waals surface area contributed by atoms with Crippen molar-refractivity contribution in [3.63, 3.8) is 0 Å². The van der Waals surface area contributed by atoms with E-state index in [1.54, 1.807) is 0 Å². The van der Waals surface area contributed by atoms with Crippen molar-refractivity contribution >= 4 is 0 Å². The molecule has 1 N–H and O–H groups in total. The van der Waals surface area contributed by atoms with Crippen LogP contribution in [0.25, 0.3) is 0 Å². The quantitative estimate of drug-likeness (QED) is 0.808. The Labute approximate surface area is 128 Å². The molecule has 2 aromatic carbocycles. The zero-order valence-corrected chi connectivity index (χ0v) is 13.2. The third-order valence-corrected chi connectivity index (χ3v) is 3.48. The first-order chi connectivity index (χ1) is 10.2. The lowest BCUT2D eigenvalue weighted by Gasteiger charge is -2.20. The van der Waals surface area contributed by atoms with Crippen molar-refractivity contribution in [2.45, 2.75) is 33.2 Å². The fourth-order valence-corrected chi connectivity index (χ4v) is 2.52. The molecule has 2 aromatic rings. The molecule has 0 aromatic heterocycles. The molecule has 0 aliphatic heterocycles. The summed E-state index contributed by atoms with van der Waals surface area (Å²) in [5.74, 6) is 0.936. The molecule has 0 radical (unpaired) electrons. The number of ether oxygens (including phenoxy) is 1. The minimum absolute atomic E-state index is 0.213. The summed E-state index contributed by atoms with van der Waals surface area (Å²) in [7, 11) is 0. The fourth-order valence-electron chi connectivity index (χ4n) is 2.52. The van der Waals surface area contributed by atoms with Gasteiger partial charge in [-0.1, -0.05) is 48.9 Å². The molecule has 0 saturated carbocycles. The van der Waals surface area contributed by atoms with Crippen molar-refractivity contribution in [1.82, 2.24) is 5.32 Å². The highest BCUT2D eigenvalue weighted by molar-refractivity contribution is 5.38. The second-order valence-electron chi connectivity index (χ2n) is 5.31. The number of hydrogen-bond donors (Lipinski definition) is 1. The Morgan fingerprint density at radius 2 is 1.71 bits per heavy atom. The van der Waals surface area contributed by atoms with E-state index < -0.39 is 0 Å². The van der Waals surface area contributed by atoms with E-state index in [2.05, 4.69) is 61.6 Å². The van der Waals surface area contributed by atoms with Crippen LogP contribution in [-0.2, 0) is 0 Å². The Bertz CT molecular complexity index is 565. The number of aryl methyl sites for hydroxylation is 1. The van der Waals surface area contributed by atoms with Crippen LogP contribution in [0.2, 0.25) is 0 Å². The maximum atomic E-state index is 5.63. The first-order valence-electron chi connectivity index (χ1n) is 7.77. The van der Waals surface area contributed by atoms with Crippen LogP contribution in [-0.4, -0.2) is 13.2 Å². The standard InChI is InChI=1S/C19H25NO/c1-4-12-20-19(16-9-6-8-15(3)13-16)17-10-7-11-18(14-17)21-5-2/h6-11,13-14,19-20H,4-5,12H2,1-3H3. The average molecular weight is 283 g/mol. The predicted octanol–water partition coefficient (Wildman–Crippen LogP) is 4.48. The Kier molecular flexibility index (Phi) is 5.82. The van der Waals surface area contributed by atoms with Gasteiger partial charge in [-0.25, -0.2) is 0 Å². The normalized spacial score (nSPS) is 12.1. The molecule has 1 atom stereocenters. The SMILES string of the molecule is CCCNC(c1cccc(C)c1)c1cccc(OCC)c1. The smallest absolute Gasteiger partial charge is 0.119 e. The number of hydrogen-bond acceptors (Lipinski definition) is 2. The van der Waals surface area contributed by atoms with E-state index in [1.165, 1.54) is 16.7 Å². The van der Waals surface area contributed by atoms with Gasteiger partial charge in [-0.15, -0.1) is 0 Å². The van der Waals surface area contributed by atoms with Crippen molar-refractivity contribution in [2.75, 3.05) is 13.2 Å². The van der Waals surface area contributed by atoms with E-state index in [-0.39, 0.29) is 6.04 Å². The lowest BCUT2D eigenvalue weighted by molar-refractivity contribution is 0.339. The molecule has 0 fully saturated rings. The molecule has 2 heteroatoms. The summed E-state index contributed by atoms with van der Waals surface area (Å²) in [5.41, 5.74) is 3.84. The zero-order valence-electron chi connectivity index (χ0n) is 13.2. The topological polar surface area (TPSA) is 21.3 Å². The van der Waals surface area contributed by atoms with Crippen LogP contribution in [0.1, 0.15) is 43.0 Å². The molecular weight excluding hydrogens is 258 g/mol. The summed E-state index contributed by atoms with van der Waals surface area (Å²) in [6, 6.07) is 17.3. The van der Waals surface area contributed by atoms with Gasteiger partial charge in [0.25, 0.3) is 0 Å². The first kappa shape index (κ1) is 15.6. The molecule has 1 unspecified atom stereocenters. The van der Waals surface area contributed by atoms with Gasteiger partial charge in [0.15, 0.2) is 0 Å². The molecule has 21 heavy (non-hydrogen) atoms. The van der Waals surface area contributed by atoms with Gasteiger partial charge in [0.2, 0.25) is 0 Å². The average Bonchev–Trinajstić information content (AvgIpc) is 2.49. The van der Waals surface area contributed by atoms with Gasteiger partial charge in [0.1, 0.15) is 5.75 Å². The van der Waals surface area contributed by atoms with Crippen molar-refractivity contribution in [1.29, 1.82) is 0 Å². The number of benzene rings is 2. The Morgan fingerprint density at radius 3 is 2.38 bits per heavy atom. The molecule has 0 amide bonds. The number of nitrogens with one attached hydrogen (secondary N) is 1. The summed E-state index contributed by atoms with van der Waals surface area (Å²) in [6.07, 6.45) is 1.12. The molecule has 0 aliphatic rings. The minimum Gasteiger partial charge on any atom is -0.494 e. The van der Waals surface area contributed by atoms with E-state index in [0.717, 1.165) is 18.7 Å². The van der Waals surface area contributed by atoms with Crippen LogP contribution in [0.5, 0.6) is 5.75 Å². The maximum absolute atomic E-state index is 5.63. The van der Waals surface area contributed by atoms with Gasteiger partial charge in [0.05, 0.1) is 12.6 Å². The summed E-state index contributed by atoms with van der Waals surface area (Å²) >= 11 is 0. The number of rotatable bonds is 7. The summed E-state index contributed by atoms with van der Waals surface area (Å²) in [5, 5.41) is 3.64. The first-order valence-corrected chi connectivity index (χ1v) is 7.77. The van der Waals surface area contributed by atoms with Crippen molar-refractivity contribution in [3.8, 4) is 5.75 Å². The molecule has 0 heterocycles. The molecule has 0 bridgehead atoms. The van der Waals surface area contributed by atoms with Crippen LogP contribution in [0.3, 0.4) is 0 Å². The Morgan fingerprint density at radius 1 is 1.00 bits per heavy atom. The van der Waals surface area contributed by atoms with Crippen molar-refractivity contribution < 1.29 is 4.74 Å². The second kappa shape index (κ2) is 7.84. The minimum atomic E-state index is 0.213. The third kappa shape index (κ3) is 4.33. The highest BCUT2D eigenvalue weighted by Crippen LogP contribution is 2.26. The van der Waals surface area contributed by atoms with E-state index in [0.29, 0.717) is 6.61 Å². The van der Waals surface area contributed by atoms with Crippen LogP contribution in [0, 0.1) is 6.92 Å². The van der Waals surface area contributed by atoms with Gasteiger partial charge >= 0.3 is 0 Å². The summed E-state index contributed by atoms with van der Waals surface area (Å²) < 4.78 is 5.63. The fraction of sp³-hybridized carbons (Fsp3) is 0.368. The van der Waals surface area contributed by atoms with Crippen LogP contribution >= 0.6 is 0 Å². The van der Waals surface area contributed by atoms with E-state index in [9.17, 15) is 0 Å². The molecule has 2 nitrogen and oxygen atoms in total. The molecule has 0 aliphatic carbocycles. The maximum Gasteiger partial charge on any atom is 0.119 e. The van der Waals surface area contributed by atoms with Gasteiger partial charge in [-0.2, -0.15) is 0 Å². The second-order valence-corrected chi connectivity index (χ2v) is 5.31. The van der Waals surface area contributed by atoms with Crippen LogP contribution in [0.15, 0.2) is 48.5 Å². The summed E-state index contributed by atoms with van der Waals surface area (Å²) in [4.78, 5) is 0.